The molecule has 1 heterocycles. The van der Waals surface area contributed by atoms with E-state index in [4.69, 9.17) is 14.9 Å². The molecule has 0 amide bonds. The van der Waals surface area contributed by atoms with E-state index in [1.54, 1.807) is 12.1 Å². The lowest BCUT2D eigenvalue weighted by Crippen LogP contribution is -2.18. The Kier molecular flexibility index (Phi) is 3.39. The third-order valence-electron chi connectivity index (χ3n) is 2.24. The molecule has 2 N–H and O–H groups in total. The average molecular weight is 239 g/mol. The molecule has 3 nitrogen and oxygen atoms in total. The molecule has 0 aliphatic heterocycles. The normalized spacial score (nSPS) is 12.4. The Balaban J connectivity index is 2.21. The summed E-state index contributed by atoms with van der Waals surface area (Å²) in [6.07, 6.45) is 0.824. The van der Waals surface area contributed by atoms with Crippen molar-refractivity contribution in [3.63, 3.8) is 0 Å². The van der Waals surface area contributed by atoms with Crippen molar-refractivity contribution in [2.24, 2.45) is 5.73 Å². The third-order valence-corrected chi connectivity index (χ3v) is 2.24. The molecule has 2 rings (SSSR count). The van der Waals surface area contributed by atoms with Crippen molar-refractivity contribution >= 4 is 0 Å². The maximum absolute atomic E-state index is 13.3. The quantitative estimate of drug-likeness (QED) is 0.892. The van der Waals surface area contributed by atoms with Crippen LogP contribution in [0.15, 0.2) is 41.0 Å². The number of hydrogen-bond acceptors (Lipinski definition) is 3. The van der Waals surface area contributed by atoms with Crippen LogP contribution in [0.25, 0.3) is 0 Å². The van der Waals surface area contributed by atoms with Crippen LogP contribution in [0.4, 0.5) is 8.78 Å². The highest BCUT2D eigenvalue weighted by Gasteiger charge is 2.16. The lowest BCUT2D eigenvalue weighted by atomic mass is 10.2. The van der Waals surface area contributed by atoms with Crippen LogP contribution in [-0.2, 0) is 0 Å². The number of nitrogens with two attached hydrogens (primary N) is 1. The summed E-state index contributed by atoms with van der Waals surface area (Å²) in [5.41, 5.74) is 5.50. The van der Waals surface area contributed by atoms with Crippen molar-refractivity contribution in [3.8, 4) is 5.75 Å². The SMILES string of the molecule is NCC(Oc1cc(F)ccc1F)c1ccco1. The van der Waals surface area contributed by atoms with E-state index < -0.39 is 17.7 Å². The first kappa shape index (κ1) is 11.6. The van der Waals surface area contributed by atoms with Gasteiger partial charge in [-0.1, -0.05) is 0 Å². The number of rotatable bonds is 4. The zero-order valence-corrected chi connectivity index (χ0v) is 8.90. The molecule has 1 unspecified atom stereocenters. The molecule has 2 aromatic rings. The van der Waals surface area contributed by atoms with Crippen molar-refractivity contribution in [3.05, 3.63) is 54.0 Å². The van der Waals surface area contributed by atoms with E-state index in [1.165, 1.54) is 6.26 Å². The predicted molar refractivity (Wildman–Crippen MR) is 57.5 cm³/mol. The van der Waals surface area contributed by atoms with Gasteiger partial charge in [0, 0.05) is 12.6 Å². The summed E-state index contributed by atoms with van der Waals surface area (Å²) in [7, 11) is 0. The highest BCUT2D eigenvalue weighted by molar-refractivity contribution is 5.25. The Bertz CT molecular complexity index is 485. The van der Waals surface area contributed by atoms with Gasteiger partial charge in [-0.05, 0) is 24.3 Å². The average Bonchev–Trinajstić information content (AvgIpc) is 2.84. The molecule has 1 atom stereocenters. The second-order valence-electron chi connectivity index (χ2n) is 3.43. The van der Waals surface area contributed by atoms with Gasteiger partial charge in [-0.2, -0.15) is 0 Å². The molecule has 5 heteroatoms. The Hall–Kier alpha value is -1.88. The number of hydrogen-bond donors (Lipinski definition) is 1. The monoisotopic (exact) mass is 239 g/mol. The van der Waals surface area contributed by atoms with Gasteiger partial charge in [-0.25, -0.2) is 8.78 Å². The molecule has 0 fully saturated rings. The molecule has 1 aromatic heterocycles. The van der Waals surface area contributed by atoms with E-state index in [0.29, 0.717) is 5.76 Å². The Labute approximate surface area is 96.8 Å². The van der Waals surface area contributed by atoms with Crippen molar-refractivity contribution in [2.45, 2.75) is 6.10 Å². The van der Waals surface area contributed by atoms with Crippen LogP contribution in [-0.4, -0.2) is 6.54 Å². The predicted octanol–water partition coefficient (Wildman–Crippen LogP) is 2.64. The van der Waals surface area contributed by atoms with Crippen molar-refractivity contribution in [1.82, 2.24) is 0 Å². The van der Waals surface area contributed by atoms with Gasteiger partial charge in [0.15, 0.2) is 17.7 Å². The molecule has 0 saturated heterocycles. The van der Waals surface area contributed by atoms with Gasteiger partial charge < -0.3 is 14.9 Å². The summed E-state index contributed by atoms with van der Waals surface area (Å²) in [4.78, 5) is 0. The minimum Gasteiger partial charge on any atom is -0.478 e. The molecular weight excluding hydrogens is 228 g/mol. The summed E-state index contributed by atoms with van der Waals surface area (Å²) in [6, 6.07) is 6.33. The van der Waals surface area contributed by atoms with Crippen molar-refractivity contribution in [1.29, 1.82) is 0 Å². The molecular formula is C12H11F2NO2. The van der Waals surface area contributed by atoms with Gasteiger partial charge in [0.2, 0.25) is 0 Å². The van der Waals surface area contributed by atoms with Crippen LogP contribution >= 0.6 is 0 Å². The molecule has 0 bridgehead atoms. The fraction of sp³-hybridized carbons (Fsp3) is 0.167. The van der Waals surface area contributed by atoms with Gasteiger partial charge in [0.25, 0.3) is 0 Å². The van der Waals surface area contributed by atoms with E-state index >= 15 is 0 Å². The lowest BCUT2D eigenvalue weighted by molar-refractivity contribution is 0.175. The second-order valence-corrected chi connectivity index (χ2v) is 3.43. The van der Waals surface area contributed by atoms with Crippen LogP contribution < -0.4 is 10.5 Å². The van der Waals surface area contributed by atoms with Crippen molar-refractivity contribution < 1.29 is 17.9 Å². The molecule has 0 radical (unpaired) electrons. The third kappa shape index (κ3) is 2.62. The number of halogens is 2. The molecule has 0 saturated carbocycles. The fourth-order valence-corrected chi connectivity index (χ4v) is 1.42. The van der Waals surface area contributed by atoms with Crippen LogP contribution in [0, 0.1) is 11.6 Å². The smallest absolute Gasteiger partial charge is 0.168 e. The van der Waals surface area contributed by atoms with Crippen LogP contribution in [0.1, 0.15) is 11.9 Å². The standard InChI is InChI=1S/C12H11F2NO2/c13-8-3-4-9(14)11(6-8)17-12(7-15)10-2-1-5-16-10/h1-6,12H,7,15H2. The minimum atomic E-state index is -0.642. The van der Waals surface area contributed by atoms with Crippen molar-refractivity contribution in [2.75, 3.05) is 6.54 Å². The molecule has 0 spiro atoms. The molecule has 90 valence electrons. The fourth-order valence-electron chi connectivity index (χ4n) is 1.42. The largest absolute Gasteiger partial charge is 0.478 e. The van der Waals surface area contributed by atoms with E-state index in [1.807, 2.05) is 0 Å². The van der Waals surface area contributed by atoms with Gasteiger partial charge in [0.1, 0.15) is 11.6 Å². The highest BCUT2D eigenvalue weighted by Crippen LogP contribution is 2.25. The molecule has 0 aliphatic carbocycles. The summed E-state index contributed by atoms with van der Waals surface area (Å²) >= 11 is 0. The first-order valence-electron chi connectivity index (χ1n) is 5.06. The number of benzene rings is 1. The minimum absolute atomic E-state index is 0.101. The molecule has 17 heavy (non-hydrogen) atoms. The van der Waals surface area contributed by atoms with Crippen LogP contribution in [0.5, 0.6) is 5.75 Å². The summed E-state index contributed by atoms with van der Waals surface area (Å²) in [5.74, 6) is -0.930. The zero-order valence-electron chi connectivity index (χ0n) is 8.90. The zero-order chi connectivity index (χ0) is 12.3. The van der Waals surface area contributed by atoms with E-state index in [9.17, 15) is 8.78 Å². The summed E-state index contributed by atoms with van der Waals surface area (Å²) in [5, 5.41) is 0. The van der Waals surface area contributed by atoms with E-state index in [0.717, 1.165) is 18.2 Å². The van der Waals surface area contributed by atoms with Gasteiger partial charge in [-0.3, -0.25) is 0 Å². The second kappa shape index (κ2) is 4.97. The first-order chi connectivity index (χ1) is 8.20. The maximum atomic E-state index is 13.3. The van der Waals surface area contributed by atoms with Gasteiger partial charge in [-0.15, -0.1) is 0 Å². The topological polar surface area (TPSA) is 48.4 Å². The van der Waals surface area contributed by atoms with E-state index in [-0.39, 0.29) is 12.3 Å². The highest BCUT2D eigenvalue weighted by atomic mass is 19.1. The Morgan fingerprint density at radius 3 is 2.76 bits per heavy atom. The Morgan fingerprint density at radius 2 is 2.12 bits per heavy atom. The first-order valence-corrected chi connectivity index (χ1v) is 5.06. The summed E-state index contributed by atoms with van der Waals surface area (Å²) in [6.45, 7) is 0.101. The Morgan fingerprint density at radius 1 is 1.29 bits per heavy atom. The molecule has 0 aliphatic rings. The van der Waals surface area contributed by atoms with E-state index in [2.05, 4.69) is 0 Å². The number of ether oxygens (including phenoxy) is 1. The molecule has 1 aromatic carbocycles. The van der Waals surface area contributed by atoms with Gasteiger partial charge in [0.05, 0.1) is 6.26 Å². The summed E-state index contributed by atoms with van der Waals surface area (Å²) < 4.78 is 36.7. The van der Waals surface area contributed by atoms with Gasteiger partial charge >= 0.3 is 0 Å². The van der Waals surface area contributed by atoms with Crippen LogP contribution in [0.2, 0.25) is 0 Å². The van der Waals surface area contributed by atoms with Crippen LogP contribution in [0.3, 0.4) is 0 Å². The number of furan rings is 1. The lowest BCUT2D eigenvalue weighted by Gasteiger charge is -2.15. The maximum Gasteiger partial charge on any atom is 0.168 e.